The highest BCUT2D eigenvalue weighted by atomic mass is 16.4. The Bertz CT molecular complexity index is 509. The van der Waals surface area contributed by atoms with Gasteiger partial charge in [-0.1, -0.05) is 0 Å². The molecule has 0 aliphatic heterocycles. The fraction of sp³-hybridized carbons (Fsp3) is 0.400. The Morgan fingerprint density at radius 1 is 1.43 bits per heavy atom. The van der Waals surface area contributed by atoms with Crippen LogP contribution in [0.15, 0.2) is 24.4 Å². The average Bonchev–Trinajstić information content (AvgIpc) is 2.42. The average molecular weight is 291 g/mol. The van der Waals surface area contributed by atoms with Crippen molar-refractivity contribution < 1.29 is 14.7 Å². The quantitative estimate of drug-likeness (QED) is 0.744. The van der Waals surface area contributed by atoms with Gasteiger partial charge in [0.15, 0.2) is 0 Å². The molecule has 0 spiro atoms. The van der Waals surface area contributed by atoms with Gasteiger partial charge in [-0.3, -0.25) is 4.79 Å². The number of carbonyl (C=O) groups is 2. The van der Waals surface area contributed by atoms with Gasteiger partial charge in [0.25, 0.3) is 0 Å². The normalized spacial score (nSPS) is 10.9. The summed E-state index contributed by atoms with van der Waals surface area (Å²) in [5.74, 6) is -0.369. The topological polar surface area (TPSA) is 82.5 Å². The lowest BCUT2D eigenvalue weighted by atomic mass is 10.2. The van der Waals surface area contributed by atoms with Gasteiger partial charge in [-0.15, -0.1) is 0 Å². The van der Waals surface area contributed by atoms with Crippen molar-refractivity contribution in [2.24, 2.45) is 0 Å². The zero-order valence-electron chi connectivity index (χ0n) is 12.5. The number of amides is 1. The van der Waals surface area contributed by atoms with Crippen molar-refractivity contribution in [2.75, 3.05) is 18.0 Å². The molecule has 0 fully saturated rings. The van der Waals surface area contributed by atoms with Crippen LogP contribution >= 0.6 is 0 Å². The van der Waals surface area contributed by atoms with Crippen molar-refractivity contribution in [3.63, 3.8) is 0 Å². The molecule has 6 heteroatoms. The SMILES string of the molecule is CCN(CC(=O)NC(C)C)c1ccc(/C=C/C(=O)O)cn1. The number of carboxylic acids is 1. The van der Waals surface area contributed by atoms with E-state index in [2.05, 4.69) is 10.3 Å². The van der Waals surface area contributed by atoms with Gasteiger partial charge >= 0.3 is 5.97 Å². The zero-order chi connectivity index (χ0) is 15.8. The number of pyridine rings is 1. The number of nitrogens with one attached hydrogen (secondary N) is 1. The Morgan fingerprint density at radius 3 is 2.62 bits per heavy atom. The number of hydrogen-bond acceptors (Lipinski definition) is 4. The van der Waals surface area contributed by atoms with Crippen LogP contribution < -0.4 is 10.2 Å². The van der Waals surface area contributed by atoms with Crippen LogP contribution in [-0.4, -0.2) is 41.1 Å². The molecule has 1 aromatic rings. The number of anilines is 1. The van der Waals surface area contributed by atoms with Gasteiger partial charge in [-0.05, 0) is 44.5 Å². The Morgan fingerprint density at radius 2 is 2.14 bits per heavy atom. The summed E-state index contributed by atoms with van der Waals surface area (Å²) < 4.78 is 0. The summed E-state index contributed by atoms with van der Waals surface area (Å²) in [5, 5.41) is 11.4. The first kappa shape index (κ1) is 16.7. The Kier molecular flexibility index (Phi) is 6.39. The highest BCUT2D eigenvalue weighted by molar-refractivity contribution is 5.85. The summed E-state index contributed by atoms with van der Waals surface area (Å²) in [6, 6.07) is 3.64. The Hall–Kier alpha value is -2.37. The van der Waals surface area contributed by atoms with E-state index < -0.39 is 5.97 Å². The van der Waals surface area contributed by atoms with E-state index in [1.165, 1.54) is 6.08 Å². The van der Waals surface area contributed by atoms with Crippen molar-refractivity contribution in [2.45, 2.75) is 26.8 Å². The molecule has 0 aliphatic carbocycles. The van der Waals surface area contributed by atoms with Crippen LogP contribution in [0, 0.1) is 0 Å². The number of rotatable bonds is 7. The minimum atomic E-state index is -1.00. The molecule has 6 nitrogen and oxygen atoms in total. The van der Waals surface area contributed by atoms with E-state index in [0.717, 1.165) is 6.08 Å². The second-order valence-corrected chi connectivity index (χ2v) is 4.86. The molecule has 0 saturated heterocycles. The van der Waals surface area contributed by atoms with Gasteiger partial charge in [0.1, 0.15) is 5.82 Å². The van der Waals surface area contributed by atoms with Crippen molar-refractivity contribution in [3.8, 4) is 0 Å². The molecule has 1 rings (SSSR count). The predicted molar refractivity (Wildman–Crippen MR) is 82.1 cm³/mol. The third-order valence-corrected chi connectivity index (χ3v) is 2.68. The molecule has 1 heterocycles. The highest BCUT2D eigenvalue weighted by Crippen LogP contribution is 2.11. The first-order chi connectivity index (χ1) is 9.92. The van der Waals surface area contributed by atoms with E-state index in [1.807, 2.05) is 25.7 Å². The summed E-state index contributed by atoms with van der Waals surface area (Å²) in [7, 11) is 0. The Balaban J connectivity index is 2.73. The lowest BCUT2D eigenvalue weighted by Crippen LogP contribution is -2.40. The van der Waals surface area contributed by atoms with Crippen molar-refractivity contribution in [1.82, 2.24) is 10.3 Å². The molecule has 0 saturated carbocycles. The predicted octanol–water partition coefficient (Wildman–Crippen LogP) is 1.53. The molecular weight excluding hydrogens is 270 g/mol. The van der Waals surface area contributed by atoms with Gasteiger partial charge in [0.2, 0.25) is 5.91 Å². The number of likely N-dealkylation sites (N-methyl/N-ethyl adjacent to an activating group) is 1. The lowest BCUT2D eigenvalue weighted by molar-refractivity contribution is -0.131. The molecule has 114 valence electrons. The van der Waals surface area contributed by atoms with Crippen LogP contribution in [0.2, 0.25) is 0 Å². The zero-order valence-corrected chi connectivity index (χ0v) is 12.5. The lowest BCUT2D eigenvalue weighted by Gasteiger charge is -2.22. The summed E-state index contributed by atoms with van der Waals surface area (Å²) in [4.78, 5) is 28.3. The number of hydrogen-bond donors (Lipinski definition) is 2. The standard InChI is InChI=1S/C15H21N3O3/c1-4-18(10-14(19)17-11(2)3)13-7-5-12(9-16-13)6-8-15(20)21/h5-9,11H,4,10H2,1-3H3,(H,17,19)(H,20,21)/b8-6+. The monoisotopic (exact) mass is 291 g/mol. The molecule has 2 N–H and O–H groups in total. The minimum absolute atomic E-state index is 0.0523. The number of aliphatic carboxylic acids is 1. The van der Waals surface area contributed by atoms with Crippen LogP contribution in [0.3, 0.4) is 0 Å². The maximum Gasteiger partial charge on any atom is 0.328 e. The fourth-order valence-corrected chi connectivity index (χ4v) is 1.75. The number of carboxylic acid groups (broad SMARTS) is 1. The molecular formula is C15H21N3O3. The molecule has 0 aliphatic rings. The van der Waals surface area contributed by atoms with Crippen LogP contribution in [0.25, 0.3) is 6.08 Å². The molecule has 1 amide bonds. The van der Waals surface area contributed by atoms with Gasteiger partial charge < -0.3 is 15.3 Å². The van der Waals surface area contributed by atoms with Gasteiger partial charge in [0, 0.05) is 24.9 Å². The molecule has 0 atom stereocenters. The smallest absolute Gasteiger partial charge is 0.328 e. The second kappa shape index (κ2) is 8.04. The molecule has 1 aromatic heterocycles. The summed E-state index contributed by atoms with van der Waals surface area (Å²) in [6.07, 6.45) is 4.11. The molecule has 21 heavy (non-hydrogen) atoms. The number of aromatic nitrogens is 1. The van der Waals surface area contributed by atoms with Crippen molar-refractivity contribution in [1.29, 1.82) is 0 Å². The third-order valence-electron chi connectivity index (χ3n) is 2.68. The van der Waals surface area contributed by atoms with E-state index in [1.54, 1.807) is 18.3 Å². The van der Waals surface area contributed by atoms with Gasteiger partial charge in [-0.25, -0.2) is 9.78 Å². The van der Waals surface area contributed by atoms with E-state index in [9.17, 15) is 9.59 Å². The van der Waals surface area contributed by atoms with Crippen LogP contribution in [0.5, 0.6) is 0 Å². The largest absolute Gasteiger partial charge is 0.478 e. The van der Waals surface area contributed by atoms with Crippen molar-refractivity contribution in [3.05, 3.63) is 30.0 Å². The molecule has 0 bridgehead atoms. The summed E-state index contributed by atoms with van der Waals surface area (Å²) in [6.45, 7) is 6.67. The highest BCUT2D eigenvalue weighted by Gasteiger charge is 2.11. The molecule has 0 aromatic carbocycles. The van der Waals surface area contributed by atoms with Gasteiger partial charge in [-0.2, -0.15) is 0 Å². The summed E-state index contributed by atoms with van der Waals surface area (Å²) >= 11 is 0. The van der Waals surface area contributed by atoms with Crippen LogP contribution in [0.4, 0.5) is 5.82 Å². The maximum atomic E-state index is 11.8. The van der Waals surface area contributed by atoms with E-state index >= 15 is 0 Å². The fourth-order valence-electron chi connectivity index (χ4n) is 1.75. The van der Waals surface area contributed by atoms with Crippen molar-refractivity contribution >= 4 is 23.8 Å². The second-order valence-electron chi connectivity index (χ2n) is 4.86. The van der Waals surface area contributed by atoms with Crippen LogP contribution in [-0.2, 0) is 9.59 Å². The number of nitrogens with zero attached hydrogens (tertiary/aromatic N) is 2. The first-order valence-electron chi connectivity index (χ1n) is 6.83. The van der Waals surface area contributed by atoms with E-state index in [4.69, 9.17) is 5.11 Å². The van der Waals surface area contributed by atoms with E-state index in [-0.39, 0.29) is 18.5 Å². The first-order valence-corrected chi connectivity index (χ1v) is 6.83. The number of carbonyl (C=O) groups excluding carboxylic acids is 1. The maximum absolute atomic E-state index is 11.8. The minimum Gasteiger partial charge on any atom is -0.478 e. The van der Waals surface area contributed by atoms with Gasteiger partial charge in [0.05, 0.1) is 6.54 Å². The Labute approximate surface area is 124 Å². The molecule has 0 unspecified atom stereocenters. The van der Waals surface area contributed by atoms with E-state index in [0.29, 0.717) is 17.9 Å². The summed E-state index contributed by atoms with van der Waals surface area (Å²) in [5.41, 5.74) is 0.698. The third kappa shape index (κ3) is 6.07. The van der Waals surface area contributed by atoms with Crippen LogP contribution in [0.1, 0.15) is 26.3 Å². The molecule has 0 radical (unpaired) electrons.